The first-order chi connectivity index (χ1) is 36.9. The average Bonchev–Trinajstić information content (AvgIpc) is 3.37. The topological polar surface area (TPSA) is 144 Å². The second-order valence-corrected chi connectivity index (χ2v) is 38.4. The first kappa shape index (κ1) is 75.6. The van der Waals surface area contributed by atoms with Gasteiger partial charge in [-0.3, -0.25) is 19.2 Å². The van der Waals surface area contributed by atoms with Crippen LogP contribution in [0.3, 0.4) is 0 Å². The van der Waals surface area contributed by atoms with E-state index in [1.54, 1.807) is 0 Å². The van der Waals surface area contributed by atoms with Gasteiger partial charge in [-0.1, -0.05) is 247 Å². The summed E-state index contributed by atoms with van der Waals surface area (Å²) in [5, 5.41) is 12.4. The van der Waals surface area contributed by atoms with Crippen LogP contribution in [-0.2, 0) is 31.5 Å². The van der Waals surface area contributed by atoms with Crippen LogP contribution in [0.2, 0.25) is 51.4 Å². The fourth-order valence-electron chi connectivity index (χ4n) is 9.73. The number of unbranched alkanes of at least 4 members (excludes halogenated alkanes) is 30. The zero-order valence-corrected chi connectivity index (χ0v) is 56.9. The van der Waals surface area contributed by atoms with Gasteiger partial charge in [-0.25, -0.2) is 0 Å². The van der Waals surface area contributed by atoms with Gasteiger partial charge in [0.1, 0.15) is 12.1 Å². The minimum Gasteiger partial charge on any atom is -0.436 e. The Balaban J connectivity index is 4.87. The molecule has 0 aromatic rings. The molecule has 15 heteroatoms. The Hall–Kier alpha value is -1.37. The standard InChI is InChI=1S/C62H128N4O7Si4/c1-13-17-19-21-23-25-27-29-31-33-35-37-39-41-43-45-51-63-61(69)59(55(5)15-3)65-57(67)49-47-53-74(72-76(7,8)9)71-75(73-77(10,11)12)54-48-50-58(68)66-60(56(6)16-4)62(70)64-52-46-44-42-40-38-36-34-32-30-28-26-24-22-20-18-14-2/h55-56,59-60H,13-54H2,1-12H3,(H,63,69)(H,64,70)(H,65,67)(H,66,68)/t55-,56-,59-,60-/m0/s1. The quantitative estimate of drug-likeness (QED) is 0.0351. The molecule has 0 unspecified atom stereocenters. The van der Waals surface area contributed by atoms with E-state index in [2.05, 4.69) is 88.2 Å². The second-order valence-electron chi connectivity index (χ2n) is 25.0. The van der Waals surface area contributed by atoms with Crippen LogP contribution < -0.4 is 21.3 Å². The summed E-state index contributed by atoms with van der Waals surface area (Å²) in [5.74, 6) is -0.389. The van der Waals surface area contributed by atoms with Crippen LogP contribution in [0.15, 0.2) is 0 Å². The number of nitrogens with one attached hydrogen (secondary N) is 4. The van der Waals surface area contributed by atoms with Crippen molar-refractivity contribution in [3.05, 3.63) is 0 Å². The average molecular weight is 1150 g/mol. The zero-order chi connectivity index (χ0) is 57.4. The number of hydrogen-bond donors (Lipinski definition) is 4. The van der Waals surface area contributed by atoms with Crippen molar-refractivity contribution in [3.8, 4) is 0 Å². The molecule has 0 saturated heterocycles. The van der Waals surface area contributed by atoms with Gasteiger partial charge in [0.05, 0.1) is 0 Å². The Kier molecular flexibility index (Phi) is 49.5. The summed E-state index contributed by atoms with van der Waals surface area (Å²) in [7, 11) is -7.61. The number of rotatable bonds is 56. The molecule has 4 amide bonds. The highest BCUT2D eigenvalue weighted by Crippen LogP contribution is 2.21. The minimum atomic E-state index is -2.01. The van der Waals surface area contributed by atoms with Crippen LogP contribution in [-0.4, -0.2) is 84.0 Å². The van der Waals surface area contributed by atoms with E-state index in [0.717, 1.165) is 38.5 Å². The molecule has 0 bridgehead atoms. The van der Waals surface area contributed by atoms with Crippen molar-refractivity contribution in [2.75, 3.05) is 13.1 Å². The summed E-state index contributed by atoms with van der Waals surface area (Å²) in [4.78, 5) is 53.6. The van der Waals surface area contributed by atoms with E-state index in [1.165, 1.54) is 180 Å². The third-order valence-corrected chi connectivity index (χ3v) is 25.0. The lowest BCUT2D eigenvalue weighted by Crippen LogP contribution is -2.50. The fourth-order valence-corrected chi connectivity index (χ4v) is 19.9. The molecule has 0 aliphatic rings. The molecule has 4 atom stereocenters. The summed E-state index contributed by atoms with van der Waals surface area (Å²) in [6, 6.07) is 0.120. The Morgan fingerprint density at radius 3 is 0.857 bits per heavy atom. The molecule has 0 rings (SSSR count). The van der Waals surface area contributed by atoms with Gasteiger partial charge in [-0.05, 0) is 88.9 Å². The van der Waals surface area contributed by atoms with Gasteiger partial charge in [-0.2, -0.15) is 0 Å². The van der Waals surface area contributed by atoms with Crippen LogP contribution in [0.1, 0.15) is 286 Å². The predicted octanol–water partition coefficient (Wildman–Crippen LogP) is 17.1. The van der Waals surface area contributed by atoms with Gasteiger partial charge in [0.2, 0.25) is 23.6 Å². The molecule has 0 heterocycles. The summed E-state index contributed by atoms with van der Waals surface area (Å²) in [6.07, 6.45) is 45.5. The van der Waals surface area contributed by atoms with Crippen molar-refractivity contribution in [3.63, 3.8) is 0 Å². The molecule has 0 fully saturated rings. The van der Waals surface area contributed by atoms with Gasteiger partial charge in [0.25, 0.3) is 0 Å². The van der Waals surface area contributed by atoms with E-state index in [4.69, 9.17) is 12.3 Å². The van der Waals surface area contributed by atoms with Gasteiger partial charge in [-0.15, -0.1) is 0 Å². The number of carbonyl (C=O) groups excluding carboxylic acids is 4. The maximum Gasteiger partial charge on any atom is 0.364 e. The van der Waals surface area contributed by atoms with Gasteiger partial charge in [0, 0.05) is 25.9 Å². The van der Waals surface area contributed by atoms with E-state index >= 15 is 0 Å². The van der Waals surface area contributed by atoms with Crippen molar-refractivity contribution in [2.45, 2.75) is 349 Å². The highest BCUT2D eigenvalue weighted by atomic mass is 28.5. The van der Waals surface area contributed by atoms with Crippen molar-refractivity contribution in [2.24, 2.45) is 11.8 Å². The Morgan fingerprint density at radius 1 is 0.377 bits per heavy atom. The third-order valence-electron chi connectivity index (χ3n) is 14.9. The van der Waals surface area contributed by atoms with Crippen molar-refractivity contribution < 1.29 is 31.5 Å². The molecule has 0 spiro atoms. The van der Waals surface area contributed by atoms with E-state index in [-0.39, 0.29) is 48.3 Å². The first-order valence-electron chi connectivity index (χ1n) is 32.8. The van der Waals surface area contributed by atoms with E-state index in [9.17, 15) is 19.2 Å². The van der Waals surface area contributed by atoms with Crippen LogP contribution in [0.4, 0.5) is 0 Å². The van der Waals surface area contributed by atoms with Crippen LogP contribution >= 0.6 is 0 Å². The largest absolute Gasteiger partial charge is 0.436 e. The molecule has 0 aliphatic heterocycles. The molecule has 0 aliphatic carbocycles. The molecule has 4 N–H and O–H groups in total. The molecule has 77 heavy (non-hydrogen) atoms. The SMILES string of the molecule is CCCCCCCCCCCCCCCCCCNC(=O)[C@@H](NC(=O)CCC[Si](O[Si](CCCC(=O)N[C@H](C(=O)NCCCCCCCCCCCCCCCCCC)[C@@H](C)CC)O[Si](C)(C)C)O[Si](C)(C)C)[C@@H](C)CC. The molecule has 0 aromatic carbocycles. The molecule has 0 saturated carbocycles. The third kappa shape index (κ3) is 47.9. The highest BCUT2D eigenvalue weighted by molar-refractivity contribution is 6.80. The maximum absolute atomic E-state index is 13.4. The van der Waals surface area contributed by atoms with Gasteiger partial charge in [0.15, 0.2) is 16.6 Å². The number of amides is 4. The maximum atomic E-state index is 13.4. The normalized spacial score (nSPS) is 13.7. The predicted molar refractivity (Wildman–Crippen MR) is 337 cm³/mol. The van der Waals surface area contributed by atoms with Crippen LogP contribution in [0.25, 0.3) is 0 Å². The lowest BCUT2D eigenvalue weighted by atomic mass is 9.98. The molecule has 2 radical (unpaired) electrons. The monoisotopic (exact) mass is 1150 g/mol. The smallest absolute Gasteiger partial charge is 0.364 e. The highest BCUT2D eigenvalue weighted by Gasteiger charge is 2.34. The molecule has 11 nitrogen and oxygen atoms in total. The van der Waals surface area contributed by atoms with Crippen molar-refractivity contribution in [1.29, 1.82) is 0 Å². The number of hydrogen-bond acceptors (Lipinski definition) is 7. The lowest BCUT2D eigenvalue weighted by molar-refractivity contribution is -0.130. The molecular weight excluding hydrogens is 1030 g/mol. The van der Waals surface area contributed by atoms with E-state index < -0.39 is 47.3 Å². The minimum absolute atomic E-state index is 0.0189. The van der Waals surface area contributed by atoms with Gasteiger partial charge < -0.3 is 33.6 Å². The number of carbonyl (C=O) groups is 4. The van der Waals surface area contributed by atoms with E-state index in [0.29, 0.717) is 38.0 Å². The van der Waals surface area contributed by atoms with Gasteiger partial charge >= 0.3 is 18.6 Å². The molecule has 0 aromatic heterocycles. The van der Waals surface area contributed by atoms with Crippen molar-refractivity contribution in [1.82, 2.24) is 21.3 Å². The Bertz CT molecular complexity index is 1320. The lowest BCUT2D eigenvalue weighted by Gasteiger charge is -2.30. The van der Waals surface area contributed by atoms with E-state index in [1.807, 2.05) is 13.8 Å². The fraction of sp³-hybridized carbons (Fsp3) is 0.935. The molecule has 454 valence electrons. The Labute approximate surface area is 483 Å². The summed E-state index contributed by atoms with van der Waals surface area (Å²) in [5.41, 5.74) is 0. The second kappa shape index (κ2) is 50.4. The Morgan fingerprint density at radius 2 is 0.623 bits per heavy atom. The molecular formula is C62H128N4O7Si4. The van der Waals surface area contributed by atoms with Crippen molar-refractivity contribution >= 4 is 58.8 Å². The summed E-state index contributed by atoms with van der Waals surface area (Å²) in [6.45, 7) is 27.0. The summed E-state index contributed by atoms with van der Waals surface area (Å²) >= 11 is 0. The van der Waals surface area contributed by atoms with Crippen LogP contribution in [0, 0.1) is 11.8 Å². The first-order valence-corrected chi connectivity index (χ1v) is 42.6. The summed E-state index contributed by atoms with van der Waals surface area (Å²) < 4.78 is 20.1. The van der Waals surface area contributed by atoms with Crippen LogP contribution in [0.5, 0.6) is 0 Å². The zero-order valence-electron chi connectivity index (χ0n) is 52.9.